The van der Waals surface area contributed by atoms with Crippen LogP contribution in [0.1, 0.15) is 20.8 Å². The highest BCUT2D eigenvalue weighted by molar-refractivity contribution is 6.01. The quantitative estimate of drug-likeness (QED) is 0.466. The Labute approximate surface area is 77.2 Å². The van der Waals surface area contributed by atoms with Crippen LogP contribution in [0.3, 0.4) is 0 Å². The molecule has 1 fully saturated rings. The standard InChI is InChI=1S/C8H15N3O2/c1-8(2,3)10-6(12)5-4-9-11-7(5)13/h5,9H,4H2,1-3H3,(H,10,12)(H,11,13). The van der Waals surface area contributed by atoms with E-state index in [1.807, 2.05) is 20.8 Å². The third-order valence-corrected chi connectivity index (χ3v) is 1.65. The first-order valence-corrected chi connectivity index (χ1v) is 4.25. The minimum absolute atomic E-state index is 0.227. The number of rotatable bonds is 1. The van der Waals surface area contributed by atoms with E-state index in [-0.39, 0.29) is 17.4 Å². The Morgan fingerprint density at radius 3 is 2.54 bits per heavy atom. The Bertz CT molecular complexity index is 232. The Hall–Kier alpha value is -1.10. The molecule has 5 nitrogen and oxygen atoms in total. The van der Waals surface area contributed by atoms with Gasteiger partial charge in [0.1, 0.15) is 5.92 Å². The van der Waals surface area contributed by atoms with Gasteiger partial charge in [0.15, 0.2) is 0 Å². The molecule has 13 heavy (non-hydrogen) atoms. The monoisotopic (exact) mass is 185 g/mol. The van der Waals surface area contributed by atoms with Gasteiger partial charge >= 0.3 is 0 Å². The fourth-order valence-electron chi connectivity index (χ4n) is 1.09. The molecule has 1 saturated heterocycles. The highest BCUT2D eigenvalue weighted by Gasteiger charge is 2.32. The van der Waals surface area contributed by atoms with Gasteiger partial charge in [-0.3, -0.25) is 15.0 Å². The molecule has 1 atom stereocenters. The fourth-order valence-corrected chi connectivity index (χ4v) is 1.09. The van der Waals surface area contributed by atoms with Crippen molar-refractivity contribution < 1.29 is 9.59 Å². The average Bonchev–Trinajstić information content (AvgIpc) is 2.30. The molecule has 0 saturated carbocycles. The second-order valence-corrected chi connectivity index (χ2v) is 4.16. The van der Waals surface area contributed by atoms with E-state index in [0.717, 1.165) is 0 Å². The van der Waals surface area contributed by atoms with Crippen molar-refractivity contribution in [3.05, 3.63) is 0 Å². The maximum Gasteiger partial charge on any atom is 0.248 e. The van der Waals surface area contributed by atoms with E-state index in [0.29, 0.717) is 6.54 Å². The van der Waals surface area contributed by atoms with Crippen molar-refractivity contribution in [3.8, 4) is 0 Å². The minimum atomic E-state index is -0.598. The summed E-state index contributed by atoms with van der Waals surface area (Å²) >= 11 is 0. The Morgan fingerprint density at radius 1 is 1.54 bits per heavy atom. The number of carbonyl (C=O) groups is 2. The van der Waals surface area contributed by atoms with Crippen LogP contribution in [0.5, 0.6) is 0 Å². The molecule has 74 valence electrons. The molecular formula is C8H15N3O2. The lowest BCUT2D eigenvalue weighted by atomic mass is 10.1. The molecule has 1 aliphatic heterocycles. The van der Waals surface area contributed by atoms with Gasteiger partial charge in [-0.25, -0.2) is 5.43 Å². The number of nitrogens with one attached hydrogen (secondary N) is 3. The first-order chi connectivity index (χ1) is 5.90. The molecular weight excluding hydrogens is 170 g/mol. The van der Waals surface area contributed by atoms with Crippen LogP contribution in [0.2, 0.25) is 0 Å². The molecule has 1 rings (SSSR count). The summed E-state index contributed by atoms with van der Waals surface area (Å²) in [5.41, 5.74) is 4.72. The van der Waals surface area contributed by atoms with Gasteiger partial charge in [-0.1, -0.05) is 0 Å². The van der Waals surface area contributed by atoms with Crippen LogP contribution in [0, 0.1) is 5.92 Å². The topological polar surface area (TPSA) is 70.2 Å². The molecule has 0 aromatic carbocycles. The van der Waals surface area contributed by atoms with Crippen LogP contribution in [-0.2, 0) is 9.59 Å². The predicted molar refractivity (Wildman–Crippen MR) is 47.5 cm³/mol. The molecule has 0 aromatic rings. The van der Waals surface area contributed by atoms with E-state index in [2.05, 4.69) is 16.2 Å². The van der Waals surface area contributed by atoms with Crippen molar-refractivity contribution in [1.29, 1.82) is 0 Å². The first-order valence-electron chi connectivity index (χ1n) is 4.25. The summed E-state index contributed by atoms with van der Waals surface area (Å²) in [6, 6.07) is 0. The molecule has 0 aliphatic carbocycles. The molecule has 0 bridgehead atoms. The van der Waals surface area contributed by atoms with Gasteiger partial charge in [-0.2, -0.15) is 0 Å². The van der Waals surface area contributed by atoms with E-state index in [9.17, 15) is 9.59 Å². The van der Waals surface area contributed by atoms with Crippen LogP contribution in [0.15, 0.2) is 0 Å². The van der Waals surface area contributed by atoms with Crippen LogP contribution in [0.25, 0.3) is 0 Å². The van der Waals surface area contributed by atoms with E-state index in [1.54, 1.807) is 0 Å². The van der Waals surface area contributed by atoms with Crippen molar-refractivity contribution in [2.45, 2.75) is 26.3 Å². The van der Waals surface area contributed by atoms with E-state index in [1.165, 1.54) is 0 Å². The molecule has 3 N–H and O–H groups in total. The zero-order chi connectivity index (χ0) is 10.1. The second kappa shape index (κ2) is 3.33. The molecule has 1 aliphatic rings. The zero-order valence-electron chi connectivity index (χ0n) is 8.10. The number of amides is 2. The maximum atomic E-state index is 11.5. The second-order valence-electron chi connectivity index (χ2n) is 4.16. The summed E-state index contributed by atoms with van der Waals surface area (Å²) in [5, 5.41) is 2.75. The van der Waals surface area contributed by atoms with Crippen LogP contribution < -0.4 is 16.2 Å². The van der Waals surface area contributed by atoms with Gasteiger partial charge in [-0.05, 0) is 20.8 Å². The molecule has 1 unspecified atom stereocenters. The predicted octanol–water partition coefficient (Wildman–Crippen LogP) is -0.848. The van der Waals surface area contributed by atoms with Gasteiger partial charge in [-0.15, -0.1) is 0 Å². The van der Waals surface area contributed by atoms with E-state index in [4.69, 9.17) is 0 Å². The van der Waals surface area contributed by atoms with Crippen molar-refractivity contribution >= 4 is 11.8 Å². The Morgan fingerprint density at radius 2 is 2.15 bits per heavy atom. The third-order valence-electron chi connectivity index (χ3n) is 1.65. The number of hydrogen-bond donors (Lipinski definition) is 3. The largest absolute Gasteiger partial charge is 0.351 e. The van der Waals surface area contributed by atoms with Gasteiger partial charge in [0.05, 0.1) is 0 Å². The van der Waals surface area contributed by atoms with Crippen molar-refractivity contribution in [2.24, 2.45) is 5.92 Å². The normalized spacial score (nSPS) is 22.7. The van der Waals surface area contributed by atoms with Gasteiger partial charge < -0.3 is 5.32 Å². The highest BCUT2D eigenvalue weighted by atomic mass is 16.2. The summed E-state index contributed by atoms with van der Waals surface area (Å²) in [7, 11) is 0. The molecule has 5 heteroatoms. The number of hydrogen-bond acceptors (Lipinski definition) is 3. The molecule has 0 aromatic heterocycles. The third kappa shape index (κ3) is 2.69. The lowest BCUT2D eigenvalue weighted by Gasteiger charge is -2.21. The van der Waals surface area contributed by atoms with Gasteiger partial charge in [0.2, 0.25) is 11.8 Å². The molecule has 1 heterocycles. The average molecular weight is 185 g/mol. The van der Waals surface area contributed by atoms with Gasteiger partial charge in [0, 0.05) is 12.1 Å². The fraction of sp³-hybridized carbons (Fsp3) is 0.750. The van der Waals surface area contributed by atoms with Crippen LogP contribution in [0.4, 0.5) is 0 Å². The van der Waals surface area contributed by atoms with Crippen molar-refractivity contribution in [3.63, 3.8) is 0 Å². The molecule has 2 amide bonds. The maximum absolute atomic E-state index is 11.5. The number of hydrazine groups is 1. The minimum Gasteiger partial charge on any atom is -0.351 e. The molecule has 0 radical (unpaired) electrons. The van der Waals surface area contributed by atoms with E-state index >= 15 is 0 Å². The number of carbonyl (C=O) groups excluding carboxylic acids is 2. The SMILES string of the molecule is CC(C)(C)NC(=O)C1CNNC1=O. The van der Waals surface area contributed by atoms with Crippen LogP contribution in [-0.4, -0.2) is 23.9 Å². The zero-order valence-corrected chi connectivity index (χ0v) is 8.10. The summed E-state index contributed by atoms with van der Waals surface area (Å²) < 4.78 is 0. The smallest absolute Gasteiger partial charge is 0.248 e. The van der Waals surface area contributed by atoms with Crippen molar-refractivity contribution in [1.82, 2.24) is 16.2 Å². The highest BCUT2D eigenvalue weighted by Crippen LogP contribution is 2.05. The first kappa shape index (κ1) is 9.98. The lowest BCUT2D eigenvalue weighted by molar-refractivity contribution is -0.133. The summed E-state index contributed by atoms with van der Waals surface area (Å²) in [5.74, 6) is -1.09. The summed E-state index contributed by atoms with van der Waals surface area (Å²) in [6.45, 7) is 6.00. The summed E-state index contributed by atoms with van der Waals surface area (Å²) in [6.07, 6.45) is 0. The lowest BCUT2D eigenvalue weighted by Crippen LogP contribution is -2.46. The molecule has 0 spiro atoms. The Kier molecular flexibility index (Phi) is 2.56. The van der Waals surface area contributed by atoms with Gasteiger partial charge in [0.25, 0.3) is 0 Å². The van der Waals surface area contributed by atoms with Crippen molar-refractivity contribution in [2.75, 3.05) is 6.54 Å². The Balaban J connectivity index is 2.53. The summed E-state index contributed by atoms with van der Waals surface area (Å²) in [4.78, 5) is 22.5. The van der Waals surface area contributed by atoms with Crippen LogP contribution >= 0.6 is 0 Å². The van der Waals surface area contributed by atoms with E-state index < -0.39 is 5.92 Å².